The molecule has 15 nitrogen and oxygen atoms in total. The van der Waals surface area contributed by atoms with E-state index in [4.69, 9.17) is 42.6 Å². The minimum Gasteiger partial charge on any atom is -0.464 e. The molecule has 16 aliphatic carbocycles. The molecule has 37 atom stereocenters. The van der Waals surface area contributed by atoms with Gasteiger partial charge in [-0.1, -0.05) is 55.4 Å². The van der Waals surface area contributed by atoms with Crippen molar-refractivity contribution < 1.29 is 71.3 Å². The molecule has 17 rings (SSSR count). The Hall–Kier alpha value is -2.85. The first-order valence-electron chi connectivity index (χ1n) is 37.8. The zero-order chi connectivity index (χ0) is 64.5. The van der Waals surface area contributed by atoms with Crippen LogP contribution < -0.4 is 0 Å². The lowest BCUT2D eigenvalue weighted by Crippen LogP contribution is -2.41. The second-order valence-electron chi connectivity index (χ2n) is 34.9. The molecule has 92 heavy (non-hydrogen) atoms. The third-order valence-electron chi connectivity index (χ3n) is 32.0. The van der Waals surface area contributed by atoms with Gasteiger partial charge in [0.1, 0.15) is 39.1 Å². The number of carbonyl (C=O) groups is 5. The zero-order valence-electron chi connectivity index (χ0n) is 58.1. The third-order valence-corrected chi connectivity index (χ3v) is 32.0. The lowest BCUT2D eigenvalue weighted by Gasteiger charge is -2.43. The van der Waals surface area contributed by atoms with Crippen LogP contribution in [0.2, 0.25) is 0 Å². The fourth-order valence-corrected chi connectivity index (χ4v) is 28.4. The fourth-order valence-electron chi connectivity index (χ4n) is 28.4. The molecule has 0 radical (unpaired) electrons. The van der Waals surface area contributed by atoms with Gasteiger partial charge in [-0.05, 0) is 280 Å². The van der Waals surface area contributed by atoms with Gasteiger partial charge in [0.05, 0.1) is 56.7 Å². The van der Waals surface area contributed by atoms with Gasteiger partial charge in [-0.15, -0.1) is 0 Å². The molecule has 0 aromatic rings. The molecule has 516 valence electrons. The quantitative estimate of drug-likeness (QED) is 0.0392. The predicted molar refractivity (Wildman–Crippen MR) is 342 cm³/mol. The normalized spacial score (nSPS) is 51.8. The Morgan fingerprint density at radius 3 is 0.978 bits per heavy atom. The van der Waals surface area contributed by atoms with Gasteiger partial charge in [0.2, 0.25) is 0 Å². The molecule has 0 aromatic heterocycles. The van der Waals surface area contributed by atoms with Gasteiger partial charge in [-0.3, -0.25) is 24.0 Å². The molecule has 15 heteroatoms. The van der Waals surface area contributed by atoms with Crippen molar-refractivity contribution in [2.75, 3.05) is 80.3 Å². The summed E-state index contributed by atoms with van der Waals surface area (Å²) in [6.07, 6.45) is 15.0. The van der Waals surface area contributed by atoms with Gasteiger partial charge in [-0.25, -0.2) is 0 Å². The summed E-state index contributed by atoms with van der Waals surface area (Å²) in [7, 11) is 3.30. The highest BCUT2D eigenvalue weighted by atomic mass is 16.7. The lowest BCUT2D eigenvalue weighted by atomic mass is 9.62. The Bertz CT molecular complexity index is 2660. The smallest absolute Gasteiger partial charge is 0.309 e. The number of carbonyl (C=O) groups excluding carboxylic acids is 5. The summed E-state index contributed by atoms with van der Waals surface area (Å²) in [5, 5.41) is 0. The van der Waals surface area contributed by atoms with Crippen LogP contribution in [0.3, 0.4) is 0 Å². The molecular formula is C77H118O15. The van der Waals surface area contributed by atoms with Crippen molar-refractivity contribution in [3.63, 3.8) is 0 Å². The van der Waals surface area contributed by atoms with E-state index in [0.717, 1.165) is 191 Å². The van der Waals surface area contributed by atoms with Crippen LogP contribution in [0.5, 0.6) is 0 Å². The van der Waals surface area contributed by atoms with Crippen LogP contribution >= 0.6 is 0 Å². The molecule has 37 unspecified atom stereocenters. The number of rotatable bonds is 19. The molecule has 17 aliphatic rings. The highest BCUT2D eigenvalue weighted by molar-refractivity contribution is 5.75. The standard InChI is InChI=1S/C21H32O4.C20H32O4.C18H26O4.C18H28O3/c1-10-11(2)15-7-14(10)18-12-5-16(19(15)18)17(6-12)20(22)23-8-13-9-24-21(3,4)25-13;1-11-12(2)15-10-14(11)18-13-8-16(19(15)18)17(9-13)20(21)24-7-6-23-5-4-22-3;1-9-10(2)13-7-12(9)16-11-5-14(17(13)16)15(6-11)18(20)22-4-3-21-8-19;1-9-10(2)13-8-12(9)16-11-6-14(17(13)16)15(7-11)18(19)21-5-4-20-3/h10-19H,5-9H2,1-4H3;11-19H,4-10H2,1-3H3;8-17H,3-7H2,1-2H3;9-17H,4-8H2,1-3H3. The van der Waals surface area contributed by atoms with Crippen molar-refractivity contribution in [3.05, 3.63) is 0 Å². The van der Waals surface area contributed by atoms with Gasteiger partial charge < -0.3 is 47.4 Å². The first kappa shape index (κ1) is 66.4. The molecule has 16 saturated carbocycles. The van der Waals surface area contributed by atoms with Crippen LogP contribution in [-0.2, 0) is 71.3 Å². The van der Waals surface area contributed by atoms with E-state index < -0.39 is 5.79 Å². The van der Waals surface area contributed by atoms with Gasteiger partial charge in [0, 0.05) is 14.2 Å². The minimum atomic E-state index is -0.549. The third kappa shape index (κ3) is 11.2. The minimum absolute atomic E-state index is 0.0303. The Balaban J connectivity index is 0.000000107. The van der Waals surface area contributed by atoms with E-state index in [9.17, 15) is 24.0 Å². The van der Waals surface area contributed by atoms with Crippen molar-refractivity contribution in [1.82, 2.24) is 0 Å². The lowest BCUT2D eigenvalue weighted by molar-refractivity contribution is -0.164. The fraction of sp³-hybridized carbons (Fsp3) is 0.935. The number of ether oxygens (including phenoxy) is 10. The van der Waals surface area contributed by atoms with Crippen molar-refractivity contribution in [3.8, 4) is 0 Å². The Kier molecular flexibility index (Phi) is 19.1. The van der Waals surface area contributed by atoms with E-state index in [-0.39, 0.29) is 66.9 Å². The molecule has 16 bridgehead atoms. The van der Waals surface area contributed by atoms with E-state index in [1.807, 2.05) is 13.8 Å². The van der Waals surface area contributed by atoms with Gasteiger partial charge in [0.15, 0.2) is 5.79 Å². The van der Waals surface area contributed by atoms with E-state index in [0.29, 0.717) is 83.0 Å². The molecule has 0 N–H and O–H groups in total. The van der Waals surface area contributed by atoms with E-state index in [2.05, 4.69) is 60.1 Å². The summed E-state index contributed by atoms with van der Waals surface area (Å²) in [6.45, 7) is 27.9. The Labute approximate surface area is 550 Å². The summed E-state index contributed by atoms with van der Waals surface area (Å²) in [5.41, 5.74) is 0. The second-order valence-corrected chi connectivity index (χ2v) is 34.9. The molecule has 0 amide bonds. The number of hydrogen-bond acceptors (Lipinski definition) is 15. The second kappa shape index (κ2) is 26.4. The van der Waals surface area contributed by atoms with Crippen molar-refractivity contribution in [2.45, 2.75) is 158 Å². The van der Waals surface area contributed by atoms with Gasteiger partial charge in [0.25, 0.3) is 6.47 Å². The van der Waals surface area contributed by atoms with E-state index >= 15 is 0 Å². The number of methoxy groups -OCH3 is 2. The number of fused-ring (bicyclic) bond motifs is 36. The highest BCUT2D eigenvalue weighted by Gasteiger charge is 2.71. The average Bonchev–Trinajstić information content (AvgIpc) is 1.57. The van der Waals surface area contributed by atoms with E-state index in [1.165, 1.54) is 51.4 Å². The van der Waals surface area contributed by atoms with Gasteiger partial charge in [-0.2, -0.15) is 0 Å². The maximum Gasteiger partial charge on any atom is 0.309 e. The number of esters is 4. The summed E-state index contributed by atoms with van der Waals surface area (Å²) >= 11 is 0. The van der Waals surface area contributed by atoms with Crippen molar-refractivity contribution in [2.24, 2.45) is 213 Å². The summed E-state index contributed by atoms with van der Waals surface area (Å²) in [6, 6.07) is 0. The first-order valence-corrected chi connectivity index (χ1v) is 37.8. The van der Waals surface area contributed by atoms with Crippen LogP contribution in [0.4, 0.5) is 0 Å². The SMILES string of the molecule is CC1C(C)C2CC1C1C3CC(C(=O)OCC4COC(C)(C)O4)C(C3)C21.CC1C(C)C2CC1C1C3CC(C(=O)OCCOC=O)C(C3)C21.COCCOC(=O)C1CC2CC1C1C3CC(C(C)C3C)C21.COCCOCCOC(=O)C1CC2CC1C1C3CC(C(C)C3C)C21. The first-order chi connectivity index (χ1) is 44.2. The molecule has 0 spiro atoms. The molecular weight excluding hydrogens is 1160 g/mol. The summed E-state index contributed by atoms with van der Waals surface area (Å²) < 4.78 is 53.2. The summed E-state index contributed by atoms with van der Waals surface area (Å²) in [4.78, 5) is 60.2. The van der Waals surface area contributed by atoms with Crippen molar-refractivity contribution in [1.29, 1.82) is 0 Å². The largest absolute Gasteiger partial charge is 0.464 e. The van der Waals surface area contributed by atoms with Crippen LogP contribution in [0.15, 0.2) is 0 Å². The number of hydrogen-bond donors (Lipinski definition) is 0. The maximum atomic E-state index is 12.8. The Morgan fingerprint density at radius 1 is 0.370 bits per heavy atom. The zero-order valence-corrected chi connectivity index (χ0v) is 58.1. The Morgan fingerprint density at radius 2 is 0.663 bits per heavy atom. The van der Waals surface area contributed by atoms with Crippen LogP contribution in [0.25, 0.3) is 0 Å². The molecule has 1 saturated heterocycles. The van der Waals surface area contributed by atoms with Gasteiger partial charge >= 0.3 is 23.9 Å². The monoisotopic (exact) mass is 1280 g/mol. The average molecular weight is 1280 g/mol. The van der Waals surface area contributed by atoms with E-state index in [1.54, 1.807) is 14.2 Å². The molecule has 1 aliphatic heterocycles. The van der Waals surface area contributed by atoms with Crippen molar-refractivity contribution >= 4 is 30.3 Å². The molecule has 17 fully saturated rings. The maximum absolute atomic E-state index is 12.8. The van der Waals surface area contributed by atoms with Crippen LogP contribution in [0.1, 0.15) is 146 Å². The topological polar surface area (TPSA) is 178 Å². The molecule has 1 heterocycles. The predicted octanol–water partition coefficient (Wildman–Crippen LogP) is 12.0. The highest BCUT2D eigenvalue weighted by Crippen LogP contribution is 2.75. The molecule has 0 aromatic carbocycles. The summed E-state index contributed by atoms with van der Waals surface area (Å²) in [5.74, 6) is 26.7. The van der Waals surface area contributed by atoms with Crippen LogP contribution in [0, 0.1) is 213 Å². The van der Waals surface area contributed by atoms with Crippen LogP contribution in [-0.4, -0.2) is 123 Å².